The molecule has 1 aromatic carbocycles. The van der Waals surface area contributed by atoms with Gasteiger partial charge in [0.25, 0.3) is 0 Å². The van der Waals surface area contributed by atoms with E-state index >= 15 is 0 Å². The van der Waals surface area contributed by atoms with E-state index in [1.54, 1.807) is 32.0 Å². The molecule has 0 aliphatic carbocycles. The molecule has 4 nitrogen and oxygen atoms in total. The molecule has 0 spiro atoms. The van der Waals surface area contributed by atoms with Crippen LogP contribution in [-0.4, -0.2) is 45.6 Å². The number of nitrogens with one attached hydrogen (secondary N) is 2. The van der Waals surface area contributed by atoms with Gasteiger partial charge in [-0.05, 0) is 11.6 Å². The largest absolute Gasteiger partial charge is 0.383 e. The highest BCUT2D eigenvalue weighted by molar-refractivity contribution is 14.0. The number of ether oxygens (including phenoxy) is 1. The summed E-state index contributed by atoms with van der Waals surface area (Å²) in [7, 11) is 3.39. The number of thioether (sulfide) groups is 1. The van der Waals surface area contributed by atoms with Gasteiger partial charge in [0.05, 0.1) is 6.61 Å². The van der Waals surface area contributed by atoms with E-state index < -0.39 is 0 Å². The Balaban J connectivity index is 0.00000400. The van der Waals surface area contributed by atoms with Gasteiger partial charge in [-0.3, -0.25) is 4.99 Å². The van der Waals surface area contributed by atoms with Crippen LogP contribution >= 0.6 is 35.7 Å². The fourth-order valence-corrected chi connectivity index (χ4v) is 2.38. The molecular weight excluding hydrogens is 404 g/mol. The third-order valence-corrected chi connectivity index (χ3v) is 3.58. The molecule has 1 rings (SSSR count). The van der Waals surface area contributed by atoms with Crippen LogP contribution in [0.25, 0.3) is 0 Å². The molecule has 0 saturated heterocycles. The highest BCUT2D eigenvalue weighted by Crippen LogP contribution is 2.14. The lowest BCUT2D eigenvalue weighted by atomic mass is 10.2. The van der Waals surface area contributed by atoms with Crippen molar-refractivity contribution in [3.05, 3.63) is 35.6 Å². The molecule has 0 radical (unpaired) electrons. The molecule has 0 heterocycles. The van der Waals surface area contributed by atoms with Crippen LogP contribution in [0.15, 0.2) is 29.3 Å². The summed E-state index contributed by atoms with van der Waals surface area (Å²) in [5, 5.41) is 6.33. The Morgan fingerprint density at radius 2 is 2.00 bits per heavy atom. The highest BCUT2D eigenvalue weighted by atomic mass is 127. The van der Waals surface area contributed by atoms with Gasteiger partial charge in [-0.25, -0.2) is 4.39 Å². The molecule has 0 aliphatic rings. The van der Waals surface area contributed by atoms with E-state index in [1.807, 2.05) is 12.1 Å². The Kier molecular flexibility index (Phi) is 12.8. The average Bonchev–Trinajstić information content (AvgIpc) is 2.47. The first-order valence-electron chi connectivity index (χ1n) is 6.52. The molecule has 7 heteroatoms. The van der Waals surface area contributed by atoms with E-state index in [2.05, 4.69) is 15.6 Å². The zero-order chi connectivity index (χ0) is 14.6. The van der Waals surface area contributed by atoms with Crippen molar-refractivity contribution in [2.45, 2.75) is 5.75 Å². The lowest BCUT2D eigenvalue weighted by molar-refractivity contribution is 0.203. The predicted octanol–water partition coefficient (Wildman–Crippen LogP) is 2.49. The van der Waals surface area contributed by atoms with E-state index in [9.17, 15) is 4.39 Å². The Morgan fingerprint density at radius 3 is 2.67 bits per heavy atom. The Bertz CT molecular complexity index is 421. The number of rotatable bonds is 8. The van der Waals surface area contributed by atoms with Gasteiger partial charge in [0.15, 0.2) is 5.96 Å². The third-order valence-electron chi connectivity index (χ3n) is 2.58. The van der Waals surface area contributed by atoms with Gasteiger partial charge in [-0.15, -0.1) is 24.0 Å². The molecular formula is C14H23FIN3OS. The molecule has 0 amide bonds. The highest BCUT2D eigenvalue weighted by Gasteiger charge is 2.01. The van der Waals surface area contributed by atoms with Crippen LogP contribution in [0, 0.1) is 5.82 Å². The smallest absolute Gasteiger partial charge is 0.191 e. The average molecular weight is 427 g/mol. The van der Waals surface area contributed by atoms with Gasteiger partial charge in [0.2, 0.25) is 0 Å². The minimum atomic E-state index is -0.134. The van der Waals surface area contributed by atoms with Gasteiger partial charge < -0.3 is 15.4 Å². The first kappa shape index (κ1) is 20.5. The fraction of sp³-hybridized carbons (Fsp3) is 0.500. The van der Waals surface area contributed by atoms with E-state index in [4.69, 9.17) is 4.74 Å². The number of hydrogen-bond donors (Lipinski definition) is 2. The van der Waals surface area contributed by atoms with Crippen molar-refractivity contribution in [3.8, 4) is 0 Å². The van der Waals surface area contributed by atoms with Crippen molar-refractivity contribution >= 4 is 41.7 Å². The zero-order valence-electron chi connectivity index (χ0n) is 12.4. The number of hydrogen-bond acceptors (Lipinski definition) is 3. The lowest BCUT2D eigenvalue weighted by Crippen LogP contribution is -2.39. The molecule has 21 heavy (non-hydrogen) atoms. The molecule has 0 unspecified atom stereocenters. The fourth-order valence-electron chi connectivity index (χ4n) is 1.53. The second-order valence-corrected chi connectivity index (χ2v) is 5.17. The number of methoxy groups -OCH3 is 1. The zero-order valence-corrected chi connectivity index (χ0v) is 15.5. The third kappa shape index (κ3) is 9.15. The maximum absolute atomic E-state index is 13.4. The Labute approximate surface area is 147 Å². The van der Waals surface area contributed by atoms with E-state index in [0.29, 0.717) is 12.4 Å². The summed E-state index contributed by atoms with van der Waals surface area (Å²) in [6.45, 7) is 2.15. The van der Waals surface area contributed by atoms with E-state index in [1.165, 1.54) is 6.07 Å². The van der Waals surface area contributed by atoms with Gasteiger partial charge in [-0.1, -0.05) is 18.2 Å². The SMILES string of the molecule is CN=C(NCCOC)NCCSCc1ccccc1F.I. The maximum Gasteiger partial charge on any atom is 0.191 e. The second kappa shape index (κ2) is 13.1. The molecule has 0 aliphatic heterocycles. The van der Waals surface area contributed by atoms with Crippen LogP contribution < -0.4 is 10.6 Å². The van der Waals surface area contributed by atoms with Crippen LogP contribution in [0.5, 0.6) is 0 Å². The van der Waals surface area contributed by atoms with Gasteiger partial charge >= 0.3 is 0 Å². The van der Waals surface area contributed by atoms with Crippen LogP contribution in [0.3, 0.4) is 0 Å². The Morgan fingerprint density at radius 1 is 1.29 bits per heavy atom. The van der Waals surface area contributed by atoms with Crippen molar-refractivity contribution in [2.24, 2.45) is 4.99 Å². The molecule has 2 N–H and O–H groups in total. The standard InChI is InChI=1S/C14H22FN3OS.HI/c1-16-14(17-7-9-19-2)18-8-10-20-11-12-5-3-4-6-13(12)15;/h3-6H,7-11H2,1-2H3,(H2,16,17,18);1H. The summed E-state index contributed by atoms with van der Waals surface area (Å²) >= 11 is 1.69. The first-order valence-corrected chi connectivity index (χ1v) is 7.68. The first-order chi connectivity index (χ1) is 9.77. The van der Waals surface area contributed by atoms with Crippen molar-refractivity contribution < 1.29 is 9.13 Å². The van der Waals surface area contributed by atoms with Crippen LogP contribution in [0.1, 0.15) is 5.56 Å². The second-order valence-electron chi connectivity index (χ2n) is 4.06. The van der Waals surface area contributed by atoms with Gasteiger partial charge in [0, 0.05) is 38.8 Å². The summed E-state index contributed by atoms with van der Waals surface area (Å²) in [6, 6.07) is 6.89. The van der Waals surface area contributed by atoms with Crippen molar-refractivity contribution in [3.63, 3.8) is 0 Å². The van der Waals surface area contributed by atoms with Crippen molar-refractivity contribution in [1.82, 2.24) is 10.6 Å². The lowest BCUT2D eigenvalue weighted by Gasteiger charge is -2.11. The summed E-state index contributed by atoms with van der Waals surface area (Å²) in [6.07, 6.45) is 0. The number of guanidine groups is 1. The Hall–Kier alpha value is -0.540. The number of aliphatic imine (C=N–C) groups is 1. The summed E-state index contributed by atoms with van der Waals surface area (Å²) < 4.78 is 18.3. The molecule has 1 aromatic rings. The molecule has 0 saturated carbocycles. The van der Waals surface area contributed by atoms with Crippen molar-refractivity contribution in [1.29, 1.82) is 0 Å². The van der Waals surface area contributed by atoms with E-state index in [0.717, 1.165) is 30.4 Å². The topological polar surface area (TPSA) is 45.7 Å². The molecule has 0 atom stereocenters. The van der Waals surface area contributed by atoms with Crippen LogP contribution in [0.4, 0.5) is 4.39 Å². The minimum Gasteiger partial charge on any atom is -0.383 e. The van der Waals surface area contributed by atoms with Gasteiger partial charge in [0.1, 0.15) is 5.82 Å². The quantitative estimate of drug-likeness (QED) is 0.290. The molecule has 0 bridgehead atoms. The summed E-state index contributed by atoms with van der Waals surface area (Å²) in [5.74, 6) is 2.20. The number of halogens is 2. The van der Waals surface area contributed by atoms with Crippen LogP contribution in [-0.2, 0) is 10.5 Å². The van der Waals surface area contributed by atoms with Crippen molar-refractivity contribution in [2.75, 3.05) is 39.6 Å². The summed E-state index contributed by atoms with van der Waals surface area (Å²) in [4.78, 5) is 4.10. The van der Waals surface area contributed by atoms with Gasteiger partial charge in [-0.2, -0.15) is 11.8 Å². The minimum absolute atomic E-state index is 0. The maximum atomic E-state index is 13.4. The monoisotopic (exact) mass is 427 g/mol. The normalized spacial score (nSPS) is 10.9. The van der Waals surface area contributed by atoms with Crippen LogP contribution in [0.2, 0.25) is 0 Å². The number of benzene rings is 1. The summed E-state index contributed by atoms with van der Waals surface area (Å²) in [5.41, 5.74) is 0.750. The molecule has 0 aromatic heterocycles. The molecule has 0 fully saturated rings. The number of nitrogens with zero attached hydrogens (tertiary/aromatic N) is 1. The molecule has 120 valence electrons. The predicted molar refractivity (Wildman–Crippen MR) is 99.2 cm³/mol. The van der Waals surface area contributed by atoms with E-state index in [-0.39, 0.29) is 29.8 Å².